The van der Waals surface area contributed by atoms with E-state index in [1.807, 2.05) is 23.5 Å². The maximum atomic E-state index is 4.77. The molecule has 1 fully saturated rings. The van der Waals surface area contributed by atoms with Crippen molar-refractivity contribution in [1.29, 1.82) is 0 Å². The van der Waals surface area contributed by atoms with Crippen molar-refractivity contribution in [3.05, 3.63) is 17.0 Å². The molecule has 0 aliphatic heterocycles. The molecule has 1 aliphatic rings. The quantitative estimate of drug-likeness (QED) is 0.411. The molecule has 5 nitrogen and oxygen atoms in total. The third kappa shape index (κ3) is 5.55. The van der Waals surface area contributed by atoms with Gasteiger partial charge in [-0.05, 0) is 46.3 Å². The fourth-order valence-electron chi connectivity index (χ4n) is 3.00. The fourth-order valence-corrected chi connectivity index (χ4v) is 3.80. The summed E-state index contributed by atoms with van der Waals surface area (Å²) >= 11 is 1.98. The minimum atomic E-state index is 0. The predicted octanol–water partition coefficient (Wildman–Crippen LogP) is 2.99. The zero-order chi connectivity index (χ0) is 16.1. The van der Waals surface area contributed by atoms with Crippen LogP contribution in [0.15, 0.2) is 4.99 Å². The van der Waals surface area contributed by atoms with Gasteiger partial charge in [-0.25, -0.2) is 4.99 Å². The molecule has 0 amide bonds. The second-order valence-electron chi connectivity index (χ2n) is 5.98. The van der Waals surface area contributed by atoms with Crippen LogP contribution in [0.4, 0.5) is 0 Å². The largest absolute Gasteiger partial charge is 0.357 e. The zero-order valence-corrected chi connectivity index (χ0v) is 18.0. The number of hydrogen-bond acceptors (Lipinski definition) is 3. The lowest BCUT2D eigenvalue weighted by Gasteiger charge is -2.17. The summed E-state index contributed by atoms with van der Waals surface area (Å²) in [6.07, 6.45) is 5.98. The summed E-state index contributed by atoms with van der Waals surface area (Å²) in [4.78, 5) is 4.77. The van der Waals surface area contributed by atoms with Crippen LogP contribution >= 0.6 is 35.7 Å². The van der Waals surface area contributed by atoms with Crippen LogP contribution in [-0.4, -0.2) is 39.8 Å². The minimum Gasteiger partial charge on any atom is -0.357 e. The van der Waals surface area contributed by atoms with Crippen LogP contribution < -0.4 is 10.6 Å². The number of rotatable bonds is 5. The van der Waals surface area contributed by atoms with Crippen molar-refractivity contribution < 1.29 is 0 Å². The van der Waals surface area contributed by atoms with E-state index in [0.29, 0.717) is 12.6 Å². The van der Waals surface area contributed by atoms with Crippen LogP contribution in [0.3, 0.4) is 0 Å². The number of hydrogen-bond donors (Lipinski definition) is 2. The maximum absolute atomic E-state index is 4.77. The van der Waals surface area contributed by atoms with E-state index in [2.05, 4.69) is 42.8 Å². The van der Waals surface area contributed by atoms with Gasteiger partial charge in [0.25, 0.3) is 0 Å². The van der Waals surface area contributed by atoms with Gasteiger partial charge in [0.05, 0.1) is 12.2 Å². The van der Waals surface area contributed by atoms with Gasteiger partial charge in [-0.15, -0.1) is 24.0 Å². The SMILES string of the molecule is CCNC(=NCc1c(C)nn(C)c1C)NC1CCC(SC)C1.I. The molecule has 0 bridgehead atoms. The normalized spacial score (nSPS) is 21.2. The highest BCUT2D eigenvalue weighted by Gasteiger charge is 2.24. The van der Waals surface area contributed by atoms with Crippen molar-refractivity contribution in [3.63, 3.8) is 0 Å². The van der Waals surface area contributed by atoms with Gasteiger partial charge in [0.2, 0.25) is 0 Å². The predicted molar refractivity (Wildman–Crippen MR) is 111 cm³/mol. The van der Waals surface area contributed by atoms with Gasteiger partial charge in [-0.3, -0.25) is 4.68 Å². The number of guanidine groups is 1. The molecule has 1 aliphatic carbocycles. The van der Waals surface area contributed by atoms with Crippen molar-refractivity contribution >= 4 is 41.7 Å². The third-order valence-corrected chi connectivity index (χ3v) is 5.55. The van der Waals surface area contributed by atoms with Gasteiger partial charge in [0.15, 0.2) is 5.96 Å². The fraction of sp³-hybridized carbons (Fsp3) is 0.750. The standard InChI is InChI=1S/C16H29N5S.HI/c1-6-17-16(19-13-7-8-14(9-13)22-5)18-10-15-11(2)20-21(4)12(15)3;/h13-14H,6-10H2,1-5H3,(H2,17,18,19);1H. The molecule has 1 aromatic rings. The van der Waals surface area contributed by atoms with E-state index in [0.717, 1.165) is 23.4 Å². The number of thioether (sulfide) groups is 1. The van der Waals surface area contributed by atoms with E-state index in [4.69, 9.17) is 4.99 Å². The Kier molecular flexibility index (Phi) is 8.74. The van der Waals surface area contributed by atoms with E-state index < -0.39 is 0 Å². The van der Waals surface area contributed by atoms with Crippen LogP contribution in [0.25, 0.3) is 0 Å². The first kappa shape index (κ1) is 20.6. The summed E-state index contributed by atoms with van der Waals surface area (Å²) in [5, 5.41) is 12.2. The van der Waals surface area contributed by atoms with E-state index >= 15 is 0 Å². The van der Waals surface area contributed by atoms with E-state index in [-0.39, 0.29) is 24.0 Å². The molecule has 2 unspecified atom stereocenters. The van der Waals surface area contributed by atoms with E-state index in [1.54, 1.807) is 0 Å². The molecule has 0 radical (unpaired) electrons. The Balaban J connectivity index is 0.00000264. The van der Waals surface area contributed by atoms with E-state index in [1.165, 1.54) is 30.5 Å². The molecule has 2 N–H and O–H groups in total. The lowest BCUT2D eigenvalue weighted by molar-refractivity contribution is 0.615. The van der Waals surface area contributed by atoms with Crippen LogP contribution in [0.2, 0.25) is 0 Å². The van der Waals surface area contributed by atoms with Crippen molar-refractivity contribution in [2.75, 3.05) is 12.8 Å². The highest BCUT2D eigenvalue weighted by atomic mass is 127. The van der Waals surface area contributed by atoms with Gasteiger partial charge < -0.3 is 10.6 Å². The van der Waals surface area contributed by atoms with Gasteiger partial charge >= 0.3 is 0 Å². The molecule has 1 heterocycles. The second-order valence-corrected chi connectivity index (χ2v) is 7.12. The Morgan fingerprint density at radius 3 is 2.65 bits per heavy atom. The summed E-state index contributed by atoms with van der Waals surface area (Å²) in [5.41, 5.74) is 3.50. The average Bonchev–Trinajstić information content (AvgIpc) is 3.03. The zero-order valence-electron chi connectivity index (χ0n) is 14.8. The lowest BCUT2D eigenvalue weighted by atomic mass is 10.2. The highest BCUT2D eigenvalue weighted by molar-refractivity contribution is 14.0. The topological polar surface area (TPSA) is 54.2 Å². The molecule has 0 saturated heterocycles. The second kappa shape index (κ2) is 9.76. The number of aliphatic imine (C=N–C) groups is 1. The van der Waals surface area contributed by atoms with Crippen LogP contribution in [-0.2, 0) is 13.6 Å². The Labute approximate surface area is 161 Å². The van der Waals surface area contributed by atoms with Gasteiger partial charge in [0, 0.05) is 36.1 Å². The van der Waals surface area contributed by atoms with E-state index in [9.17, 15) is 0 Å². The smallest absolute Gasteiger partial charge is 0.191 e. The van der Waals surface area contributed by atoms with Crippen molar-refractivity contribution in [1.82, 2.24) is 20.4 Å². The minimum absolute atomic E-state index is 0. The van der Waals surface area contributed by atoms with Crippen LogP contribution in [0, 0.1) is 13.8 Å². The highest BCUT2D eigenvalue weighted by Crippen LogP contribution is 2.28. The molecule has 1 saturated carbocycles. The van der Waals surface area contributed by atoms with Gasteiger partial charge in [0.1, 0.15) is 0 Å². The van der Waals surface area contributed by atoms with Gasteiger partial charge in [-0.1, -0.05) is 0 Å². The maximum Gasteiger partial charge on any atom is 0.191 e. The summed E-state index contributed by atoms with van der Waals surface area (Å²) in [5.74, 6) is 0.928. The number of aryl methyl sites for hydroxylation is 2. The summed E-state index contributed by atoms with van der Waals surface area (Å²) < 4.78 is 1.93. The van der Waals surface area contributed by atoms with Crippen molar-refractivity contribution in [3.8, 4) is 0 Å². The van der Waals surface area contributed by atoms with Crippen molar-refractivity contribution in [2.45, 2.75) is 57.9 Å². The van der Waals surface area contributed by atoms with Crippen LogP contribution in [0.5, 0.6) is 0 Å². The average molecular weight is 451 g/mol. The summed E-state index contributed by atoms with van der Waals surface area (Å²) in [6, 6.07) is 0.548. The number of aromatic nitrogens is 2. The first-order chi connectivity index (χ1) is 10.5. The first-order valence-electron chi connectivity index (χ1n) is 8.11. The number of halogens is 1. The lowest BCUT2D eigenvalue weighted by Crippen LogP contribution is -2.42. The molecule has 23 heavy (non-hydrogen) atoms. The number of nitrogens with one attached hydrogen (secondary N) is 2. The third-order valence-electron chi connectivity index (χ3n) is 4.46. The Bertz CT molecular complexity index is 529. The number of nitrogens with zero attached hydrogens (tertiary/aromatic N) is 3. The van der Waals surface area contributed by atoms with Gasteiger partial charge in [-0.2, -0.15) is 16.9 Å². The first-order valence-corrected chi connectivity index (χ1v) is 9.40. The Morgan fingerprint density at radius 1 is 1.39 bits per heavy atom. The molecule has 0 spiro atoms. The summed E-state index contributed by atoms with van der Waals surface area (Å²) in [7, 11) is 1.99. The monoisotopic (exact) mass is 451 g/mol. The molecule has 0 aromatic carbocycles. The molecule has 7 heteroatoms. The Hall–Kier alpha value is -0.440. The van der Waals surface area contributed by atoms with Crippen molar-refractivity contribution in [2.24, 2.45) is 12.0 Å². The molecule has 2 rings (SSSR count). The summed E-state index contributed by atoms with van der Waals surface area (Å²) in [6.45, 7) is 7.83. The molecular weight excluding hydrogens is 421 g/mol. The molecule has 2 atom stereocenters. The van der Waals surface area contributed by atoms with Crippen LogP contribution in [0.1, 0.15) is 43.1 Å². The molecular formula is C16H30IN5S. The Morgan fingerprint density at radius 2 is 2.13 bits per heavy atom. The molecule has 1 aromatic heterocycles. The molecule has 132 valence electrons.